The molecule has 1 fully saturated rings. The van der Waals surface area contributed by atoms with E-state index < -0.39 is 5.54 Å². The normalized spacial score (nSPS) is 19.5. The van der Waals surface area contributed by atoms with Gasteiger partial charge in [-0.25, -0.2) is 0 Å². The maximum absolute atomic E-state index is 11.7. The number of esters is 1. The van der Waals surface area contributed by atoms with Crippen molar-refractivity contribution in [2.45, 2.75) is 44.6 Å². The number of likely N-dealkylation sites (N-methyl/N-ethyl adjacent to an activating group) is 1. The minimum Gasteiger partial charge on any atom is -0.468 e. The summed E-state index contributed by atoms with van der Waals surface area (Å²) < 4.78 is 10.3. The molecule has 1 aliphatic heterocycles. The molecule has 1 unspecified atom stereocenters. The number of ether oxygens (including phenoxy) is 2. The first-order valence-corrected chi connectivity index (χ1v) is 8.05. The molecular weight excluding hydrogens is 268 g/mol. The summed E-state index contributed by atoms with van der Waals surface area (Å²) in [7, 11) is 5.45. The van der Waals surface area contributed by atoms with E-state index in [4.69, 9.17) is 9.47 Å². The van der Waals surface area contributed by atoms with Gasteiger partial charge in [0.1, 0.15) is 5.54 Å². The van der Waals surface area contributed by atoms with Crippen LogP contribution in [0, 0.1) is 5.92 Å². The summed E-state index contributed by atoms with van der Waals surface area (Å²) in [6, 6.07) is 0. The molecule has 1 aliphatic rings. The molecule has 1 saturated heterocycles. The number of hydrogen-bond acceptors (Lipinski definition) is 5. The van der Waals surface area contributed by atoms with E-state index in [1.807, 2.05) is 14.0 Å². The van der Waals surface area contributed by atoms with Gasteiger partial charge >= 0.3 is 5.97 Å². The molecule has 1 N–H and O–H groups in total. The predicted octanol–water partition coefficient (Wildman–Crippen LogP) is 1.67. The quantitative estimate of drug-likeness (QED) is 0.518. The van der Waals surface area contributed by atoms with Crippen LogP contribution in [0.3, 0.4) is 0 Å². The van der Waals surface area contributed by atoms with Gasteiger partial charge in [0, 0.05) is 19.8 Å². The third-order valence-electron chi connectivity index (χ3n) is 4.57. The summed E-state index contributed by atoms with van der Waals surface area (Å²) in [5.41, 5.74) is -0.561. The van der Waals surface area contributed by atoms with Crippen LogP contribution in [-0.4, -0.2) is 63.9 Å². The van der Waals surface area contributed by atoms with E-state index in [1.54, 1.807) is 0 Å². The summed E-state index contributed by atoms with van der Waals surface area (Å²) in [5, 5.41) is 3.08. The predicted molar refractivity (Wildman–Crippen MR) is 84.4 cm³/mol. The molecule has 124 valence electrons. The zero-order valence-electron chi connectivity index (χ0n) is 14.1. The maximum atomic E-state index is 11.7. The first kappa shape index (κ1) is 18.4. The van der Waals surface area contributed by atoms with Gasteiger partial charge in [-0.15, -0.1) is 0 Å². The van der Waals surface area contributed by atoms with E-state index in [0.717, 1.165) is 51.5 Å². The second-order valence-electron chi connectivity index (χ2n) is 6.35. The number of methoxy groups -OCH3 is 1. The van der Waals surface area contributed by atoms with Crippen LogP contribution in [-0.2, 0) is 14.3 Å². The van der Waals surface area contributed by atoms with Gasteiger partial charge in [-0.05, 0) is 65.6 Å². The van der Waals surface area contributed by atoms with Crippen LogP contribution < -0.4 is 5.32 Å². The van der Waals surface area contributed by atoms with Crippen molar-refractivity contribution < 1.29 is 14.3 Å². The largest absolute Gasteiger partial charge is 0.468 e. The molecule has 0 saturated carbocycles. The lowest BCUT2D eigenvalue weighted by Gasteiger charge is -2.28. The van der Waals surface area contributed by atoms with E-state index in [2.05, 4.69) is 17.3 Å². The van der Waals surface area contributed by atoms with E-state index in [0.29, 0.717) is 0 Å². The van der Waals surface area contributed by atoms with Crippen LogP contribution in [0.2, 0.25) is 0 Å². The third kappa shape index (κ3) is 6.32. The third-order valence-corrected chi connectivity index (χ3v) is 4.57. The minimum atomic E-state index is -0.561. The zero-order chi connectivity index (χ0) is 15.7. The Morgan fingerprint density at radius 2 is 2.05 bits per heavy atom. The highest BCUT2D eigenvalue weighted by Crippen LogP contribution is 2.17. The average molecular weight is 300 g/mol. The summed E-state index contributed by atoms with van der Waals surface area (Å²) in [6.45, 7) is 5.98. The van der Waals surface area contributed by atoms with Gasteiger partial charge in [0.25, 0.3) is 0 Å². The van der Waals surface area contributed by atoms with Gasteiger partial charge in [-0.2, -0.15) is 0 Å². The van der Waals surface area contributed by atoms with Crippen LogP contribution >= 0.6 is 0 Å². The van der Waals surface area contributed by atoms with Crippen molar-refractivity contribution in [3.8, 4) is 0 Å². The van der Waals surface area contributed by atoms with Crippen molar-refractivity contribution in [1.29, 1.82) is 0 Å². The lowest BCUT2D eigenvalue weighted by atomic mass is 9.95. The number of nitrogens with one attached hydrogen (secondary N) is 1. The lowest BCUT2D eigenvalue weighted by molar-refractivity contribution is -0.148. The number of hydrogen-bond donors (Lipinski definition) is 1. The summed E-state index contributed by atoms with van der Waals surface area (Å²) in [6.07, 6.45) is 5.30. The SMILES string of the molecule is CNC(C)(CCCCN(C)CC1CCOCC1)C(=O)OC. The fourth-order valence-corrected chi connectivity index (χ4v) is 2.88. The Kier molecular flexibility index (Phi) is 8.22. The molecule has 0 aliphatic carbocycles. The Labute approximate surface area is 129 Å². The maximum Gasteiger partial charge on any atom is 0.325 e. The van der Waals surface area contributed by atoms with Gasteiger partial charge in [0.2, 0.25) is 0 Å². The van der Waals surface area contributed by atoms with E-state index in [-0.39, 0.29) is 5.97 Å². The standard InChI is InChI=1S/C16H32N2O3/c1-16(17-2,15(19)20-4)9-5-6-10-18(3)13-14-7-11-21-12-8-14/h14,17H,5-13H2,1-4H3. The van der Waals surface area contributed by atoms with E-state index in [1.165, 1.54) is 20.0 Å². The molecule has 21 heavy (non-hydrogen) atoms. The topological polar surface area (TPSA) is 50.8 Å². The Morgan fingerprint density at radius 1 is 1.38 bits per heavy atom. The van der Waals surface area contributed by atoms with E-state index in [9.17, 15) is 4.79 Å². The highest BCUT2D eigenvalue weighted by Gasteiger charge is 2.31. The Balaban J connectivity index is 2.18. The number of nitrogens with zero attached hydrogens (tertiary/aromatic N) is 1. The minimum absolute atomic E-state index is 0.180. The second kappa shape index (κ2) is 9.38. The molecule has 1 heterocycles. The van der Waals surface area contributed by atoms with Gasteiger partial charge in [-0.1, -0.05) is 0 Å². The molecule has 0 amide bonds. The van der Waals surface area contributed by atoms with Crippen LogP contribution in [0.1, 0.15) is 39.0 Å². The second-order valence-corrected chi connectivity index (χ2v) is 6.35. The molecule has 5 nitrogen and oxygen atoms in total. The summed E-state index contributed by atoms with van der Waals surface area (Å²) >= 11 is 0. The van der Waals surface area contributed by atoms with Crippen molar-refractivity contribution >= 4 is 5.97 Å². The molecular formula is C16H32N2O3. The smallest absolute Gasteiger partial charge is 0.325 e. The van der Waals surface area contributed by atoms with Crippen molar-refractivity contribution in [2.24, 2.45) is 5.92 Å². The first-order chi connectivity index (χ1) is 10.0. The molecule has 5 heteroatoms. The Bertz CT molecular complexity index is 306. The zero-order valence-corrected chi connectivity index (χ0v) is 14.1. The Morgan fingerprint density at radius 3 is 2.62 bits per heavy atom. The molecule has 0 spiro atoms. The van der Waals surface area contributed by atoms with Crippen molar-refractivity contribution in [1.82, 2.24) is 10.2 Å². The lowest BCUT2D eigenvalue weighted by Crippen LogP contribution is -2.48. The summed E-state index contributed by atoms with van der Waals surface area (Å²) in [5.74, 6) is 0.599. The van der Waals surface area contributed by atoms with E-state index >= 15 is 0 Å². The molecule has 0 aromatic heterocycles. The molecule has 1 atom stereocenters. The van der Waals surface area contributed by atoms with Crippen LogP contribution in [0.15, 0.2) is 0 Å². The van der Waals surface area contributed by atoms with Crippen LogP contribution in [0.25, 0.3) is 0 Å². The number of unbranched alkanes of at least 4 members (excludes halogenated alkanes) is 1. The average Bonchev–Trinajstić information content (AvgIpc) is 2.51. The highest BCUT2D eigenvalue weighted by atomic mass is 16.5. The number of carbonyl (C=O) groups excluding carboxylic acids is 1. The van der Waals surface area contributed by atoms with Crippen molar-refractivity contribution in [3.63, 3.8) is 0 Å². The highest BCUT2D eigenvalue weighted by molar-refractivity contribution is 5.80. The van der Waals surface area contributed by atoms with Gasteiger partial charge < -0.3 is 19.7 Å². The molecule has 0 radical (unpaired) electrons. The number of carbonyl (C=O) groups is 1. The monoisotopic (exact) mass is 300 g/mol. The fourth-order valence-electron chi connectivity index (χ4n) is 2.88. The van der Waals surface area contributed by atoms with Gasteiger partial charge in [0.05, 0.1) is 7.11 Å². The molecule has 0 aromatic carbocycles. The van der Waals surface area contributed by atoms with Crippen molar-refractivity contribution in [3.05, 3.63) is 0 Å². The van der Waals surface area contributed by atoms with Crippen molar-refractivity contribution in [2.75, 3.05) is 47.5 Å². The van der Waals surface area contributed by atoms with Gasteiger partial charge in [-0.3, -0.25) is 4.79 Å². The Hall–Kier alpha value is -0.650. The summed E-state index contributed by atoms with van der Waals surface area (Å²) in [4.78, 5) is 14.2. The van der Waals surface area contributed by atoms with Crippen LogP contribution in [0.5, 0.6) is 0 Å². The van der Waals surface area contributed by atoms with Crippen LogP contribution in [0.4, 0.5) is 0 Å². The molecule has 0 aromatic rings. The number of rotatable bonds is 9. The molecule has 1 rings (SSSR count). The van der Waals surface area contributed by atoms with Gasteiger partial charge in [0.15, 0.2) is 0 Å². The fraction of sp³-hybridized carbons (Fsp3) is 0.938. The first-order valence-electron chi connectivity index (χ1n) is 8.05. The molecule has 0 bridgehead atoms.